The van der Waals surface area contributed by atoms with E-state index in [1.165, 1.54) is 12.1 Å². The highest BCUT2D eigenvalue weighted by atomic mass is 19.1. The summed E-state index contributed by atoms with van der Waals surface area (Å²) < 4.78 is 18.7. The van der Waals surface area contributed by atoms with Gasteiger partial charge in [-0.25, -0.2) is 4.39 Å². The molecular weight excluding hydrogens is 269 g/mol. The summed E-state index contributed by atoms with van der Waals surface area (Å²) in [5.41, 5.74) is 0.806. The van der Waals surface area contributed by atoms with E-state index in [0.717, 1.165) is 37.9 Å². The molecule has 1 aliphatic heterocycles. The summed E-state index contributed by atoms with van der Waals surface area (Å²) in [7, 11) is 0. The molecule has 2 aromatic rings. The van der Waals surface area contributed by atoms with Gasteiger partial charge in [-0.3, -0.25) is 0 Å². The molecule has 0 saturated carbocycles. The molecule has 0 radical (unpaired) electrons. The van der Waals surface area contributed by atoms with Crippen molar-refractivity contribution in [1.29, 1.82) is 0 Å². The largest absolute Gasteiger partial charge is 0.339 e. The SMILES string of the molecule is CCC1(c2nc(Cc3cccc(F)c3)no2)CCCNC1. The summed E-state index contributed by atoms with van der Waals surface area (Å²) in [6, 6.07) is 6.51. The first-order valence-electron chi connectivity index (χ1n) is 7.50. The monoisotopic (exact) mass is 289 g/mol. The Balaban J connectivity index is 1.79. The van der Waals surface area contributed by atoms with Gasteiger partial charge in [0.15, 0.2) is 5.82 Å². The first kappa shape index (κ1) is 14.2. The molecule has 0 bridgehead atoms. The number of benzene rings is 1. The van der Waals surface area contributed by atoms with Crippen molar-refractivity contribution >= 4 is 0 Å². The molecule has 1 aliphatic rings. The van der Waals surface area contributed by atoms with Crippen molar-refractivity contribution < 1.29 is 8.91 Å². The maximum Gasteiger partial charge on any atom is 0.234 e. The van der Waals surface area contributed by atoms with Gasteiger partial charge < -0.3 is 9.84 Å². The zero-order valence-corrected chi connectivity index (χ0v) is 12.2. The lowest BCUT2D eigenvalue weighted by Gasteiger charge is -2.33. The minimum absolute atomic E-state index is 0.0502. The third kappa shape index (κ3) is 2.97. The molecule has 0 aliphatic carbocycles. The molecule has 2 heterocycles. The Bertz CT molecular complexity index is 605. The predicted molar refractivity (Wildman–Crippen MR) is 77.6 cm³/mol. The number of rotatable bonds is 4. The van der Waals surface area contributed by atoms with Gasteiger partial charge in [-0.1, -0.05) is 24.2 Å². The summed E-state index contributed by atoms with van der Waals surface area (Å²) in [6.07, 6.45) is 3.66. The number of piperidine rings is 1. The smallest absolute Gasteiger partial charge is 0.234 e. The van der Waals surface area contributed by atoms with Gasteiger partial charge in [-0.15, -0.1) is 0 Å². The maximum absolute atomic E-state index is 13.2. The van der Waals surface area contributed by atoms with Crippen LogP contribution < -0.4 is 5.32 Å². The summed E-state index contributed by atoms with van der Waals surface area (Å²) in [6.45, 7) is 4.08. The van der Waals surface area contributed by atoms with E-state index in [2.05, 4.69) is 22.4 Å². The van der Waals surface area contributed by atoms with E-state index in [-0.39, 0.29) is 11.2 Å². The Morgan fingerprint density at radius 2 is 2.33 bits per heavy atom. The van der Waals surface area contributed by atoms with Crippen molar-refractivity contribution in [3.05, 3.63) is 47.4 Å². The molecule has 1 N–H and O–H groups in total. The van der Waals surface area contributed by atoms with Crippen LogP contribution in [-0.4, -0.2) is 23.2 Å². The fourth-order valence-electron chi connectivity index (χ4n) is 2.97. The second kappa shape index (κ2) is 5.93. The van der Waals surface area contributed by atoms with Crippen LogP contribution >= 0.6 is 0 Å². The number of hydrogen-bond donors (Lipinski definition) is 1. The van der Waals surface area contributed by atoms with Crippen LogP contribution in [0.15, 0.2) is 28.8 Å². The number of hydrogen-bond acceptors (Lipinski definition) is 4. The average Bonchev–Trinajstić information content (AvgIpc) is 2.97. The number of nitrogens with one attached hydrogen (secondary N) is 1. The Morgan fingerprint density at radius 1 is 1.43 bits per heavy atom. The standard InChI is InChI=1S/C16H20FN3O/c1-2-16(7-4-8-18-11-16)15-19-14(20-21-15)10-12-5-3-6-13(17)9-12/h3,5-6,9,18H,2,4,7-8,10-11H2,1H3. The van der Waals surface area contributed by atoms with Gasteiger partial charge in [0, 0.05) is 13.0 Å². The quantitative estimate of drug-likeness (QED) is 0.940. The zero-order chi connectivity index (χ0) is 14.7. The molecule has 4 nitrogen and oxygen atoms in total. The van der Waals surface area contributed by atoms with E-state index in [1.807, 2.05) is 6.07 Å². The van der Waals surface area contributed by atoms with Crippen LogP contribution in [0.1, 0.15) is 43.5 Å². The van der Waals surface area contributed by atoms with Crippen molar-refractivity contribution in [2.24, 2.45) is 0 Å². The van der Waals surface area contributed by atoms with Gasteiger partial charge >= 0.3 is 0 Å². The Kier molecular flexibility index (Phi) is 4.01. The maximum atomic E-state index is 13.2. The third-order valence-corrected chi connectivity index (χ3v) is 4.32. The molecule has 0 spiro atoms. The minimum Gasteiger partial charge on any atom is -0.339 e. The van der Waals surface area contributed by atoms with Crippen molar-refractivity contribution in [3.63, 3.8) is 0 Å². The second-order valence-corrected chi connectivity index (χ2v) is 5.74. The summed E-state index contributed by atoms with van der Waals surface area (Å²) >= 11 is 0. The Hall–Kier alpha value is -1.75. The van der Waals surface area contributed by atoms with Crippen molar-refractivity contribution in [3.8, 4) is 0 Å². The molecule has 1 saturated heterocycles. The molecule has 21 heavy (non-hydrogen) atoms. The van der Waals surface area contributed by atoms with E-state index < -0.39 is 0 Å². The molecule has 1 aromatic heterocycles. The molecule has 112 valence electrons. The van der Waals surface area contributed by atoms with Crippen molar-refractivity contribution in [1.82, 2.24) is 15.5 Å². The molecule has 3 rings (SSSR count). The topological polar surface area (TPSA) is 51.0 Å². The van der Waals surface area contributed by atoms with E-state index in [9.17, 15) is 4.39 Å². The molecule has 0 amide bonds. The lowest BCUT2D eigenvalue weighted by Crippen LogP contribution is -2.43. The molecule has 5 heteroatoms. The number of nitrogens with zero attached hydrogens (tertiary/aromatic N) is 2. The Labute approximate surface area is 123 Å². The van der Waals surface area contributed by atoms with E-state index in [0.29, 0.717) is 18.1 Å². The molecular formula is C16H20FN3O. The van der Waals surface area contributed by atoms with Crippen LogP contribution in [-0.2, 0) is 11.8 Å². The van der Waals surface area contributed by atoms with Crippen molar-refractivity contribution in [2.75, 3.05) is 13.1 Å². The highest BCUT2D eigenvalue weighted by molar-refractivity contribution is 5.20. The first-order chi connectivity index (χ1) is 10.2. The van der Waals surface area contributed by atoms with E-state index in [4.69, 9.17) is 4.52 Å². The van der Waals surface area contributed by atoms with E-state index in [1.54, 1.807) is 6.07 Å². The van der Waals surface area contributed by atoms with Crippen LogP contribution in [0.3, 0.4) is 0 Å². The normalized spacial score (nSPS) is 22.4. The highest BCUT2D eigenvalue weighted by Gasteiger charge is 2.37. The molecule has 1 aromatic carbocycles. The van der Waals surface area contributed by atoms with Gasteiger partial charge in [-0.2, -0.15) is 4.98 Å². The van der Waals surface area contributed by atoms with Crippen LogP contribution in [0.4, 0.5) is 4.39 Å². The fraction of sp³-hybridized carbons (Fsp3) is 0.500. The number of aromatic nitrogens is 2. The summed E-state index contributed by atoms with van der Waals surface area (Å²) in [5.74, 6) is 1.09. The third-order valence-electron chi connectivity index (χ3n) is 4.32. The summed E-state index contributed by atoms with van der Waals surface area (Å²) in [4.78, 5) is 4.56. The van der Waals surface area contributed by atoms with Crippen molar-refractivity contribution in [2.45, 2.75) is 38.0 Å². The Morgan fingerprint density at radius 3 is 3.05 bits per heavy atom. The molecule has 1 unspecified atom stereocenters. The number of halogens is 1. The minimum atomic E-state index is -0.238. The van der Waals surface area contributed by atoms with Crippen LogP contribution in [0.2, 0.25) is 0 Å². The van der Waals surface area contributed by atoms with Crippen LogP contribution in [0.5, 0.6) is 0 Å². The fourth-order valence-corrected chi connectivity index (χ4v) is 2.97. The lowest BCUT2D eigenvalue weighted by molar-refractivity contribution is 0.220. The lowest BCUT2D eigenvalue weighted by atomic mass is 9.78. The van der Waals surface area contributed by atoms with Gasteiger partial charge in [0.05, 0.1) is 5.41 Å². The average molecular weight is 289 g/mol. The van der Waals surface area contributed by atoms with Gasteiger partial charge in [0.25, 0.3) is 0 Å². The second-order valence-electron chi connectivity index (χ2n) is 5.74. The van der Waals surface area contributed by atoms with Crippen LogP contribution in [0, 0.1) is 5.82 Å². The predicted octanol–water partition coefficient (Wildman–Crippen LogP) is 2.83. The molecule has 1 atom stereocenters. The highest BCUT2D eigenvalue weighted by Crippen LogP contribution is 2.33. The van der Waals surface area contributed by atoms with Gasteiger partial charge in [0.2, 0.25) is 5.89 Å². The first-order valence-corrected chi connectivity index (χ1v) is 7.50. The van der Waals surface area contributed by atoms with Crippen LogP contribution in [0.25, 0.3) is 0 Å². The van der Waals surface area contributed by atoms with Gasteiger partial charge in [-0.05, 0) is 43.5 Å². The summed E-state index contributed by atoms with van der Waals surface area (Å²) in [5, 5.41) is 7.49. The molecule has 1 fully saturated rings. The zero-order valence-electron chi connectivity index (χ0n) is 12.2. The van der Waals surface area contributed by atoms with Gasteiger partial charge in [0.1, 0.15) is 5.82 Å². The van der Waals surface area contributed by atoms with E-state index >= 15 is 0 Å².